The van der Waals surface area contributed by atoms with Gasteiger partial charge in [-0.15, -0.1) is 0 Å². The van der Waals surface area contributed by atoms with Gasteiger partial charge in [-0.2, -0.15) is 0 Å². The monoisotopic (exact) mass is 196 g/mol. The predicted molar refractivity (Wildman–Crippen MR) is 52.8 cm³/mol. The molecule has 0 aromatic rings. The van der Waals surface area contributed by atoms with Gasteiger partial charge in [-0.25, -0.2) is 4.79 Å². The molecule has 1 saturated heterocycles. The molecule has 14 heavy (non-hydrogen) atoms. The van der Waals surface area contributed by atoms with Crippen LogP contribution in [-0.4, -0.2) is 18.9 Å². The molecule has 1 fully saturated rings. The van der Waals surface area contributed by atoms with Crippen LogP contribution in [0.25, 0.3) is 0 Å². The Morgan fingerprint density at radius 2 is 2.29 bits per heavy atom. The molecule has 0 amide bonds. The topological polar surface area (TPSA) is 35.5 Å². The molecule has 1 aliphatic rings. The Kier molecular flexibility index (Phi) is 4.92. The van der Waals surface area contributed by atoms with E-state index >= 15 is 0 Å². The van der Waals surface area contributed by atoms with Crippen LogP contribution in [0.4, 0.5) is 4.79 Å². The van der Waals surface area contributed by atoms with E-state index in [0.717, 1.165) is 12.8 Å². The number of unbranched alkanes of at least 4 members (excludes halogenated alkanes) is 4. The van der Waals surface area contributed by atoms with Crippen LogP contribution in [0.5, 0.6) is 0 Å². The average molecular weight is 196 g/mol. The van der Waals surface area contributed by atoms with Crippen molar-refractivity contribution >= 4 is 6.16 Å². The third kappa shape index (κ3) is 4.18. The fraction of sp³-hybridized carbons (Fsp3) is 0.727. The lowest BCUT2D eigenvalue weighted by Gasteiger charge is -1.94. The Bertz CT molecular complexity index is 237. The summed E-state index contributed by atoms with van der Waals surface area (Å²) in [6, 6.07) is 0. The second kappa shape index (κ2) is 6.31. The van der Waals surface area contributed by atoms with Gasteiger partial charge in [-0.3, -0.25) is 0 Å². The Hall–Kier alpha value is -1.17. The van der Waals surface area contributed by atoms with Crippen LogP contribution >= 0.6 is 0 Å². The number of cyclic esters (lactones) is 2. The standard InChI is InChI=1S/C11H16O3/c1-2-3-4-5-6-7-8-10-9-13-11(12)14-10/h10H,2-6,9H2,1H3/t10-/m1/s1. The van der Waals surface area contributed by atoms with E-state index in [9.17, 15) is 4.79 Å². The first kappa shape index (κ1) is 10.9. The van der Waals surface area contributed by atoms with Gasteiger partial charge in [0.05, 0.1) is 0 Å². The Balaban J connectivity index is 2.05. The van der Waals surface area contributed by atoms with Crippen molar-refractivity contribution in [3.8, 4) is 11.8 Å². The highest BCUT2D eigenvalue weighted by atomic mass is 16.8. The van der Waals surface area contributed by atoms with E-state index in [2.05, 4.69) is 23.5 Å². The minimum absolute atomic E-state index is 0.279. The molecule has 3 heteroatoms. The van der Waals surface area contributed by atoms with E-state index in [1.54, 1.807) is 0 Å². The fourth-order valence-corrected chi connectivity index (χ4v) is 1.23. The molecule has 1 heterocycles. The molecule has 0 aromatic carbocycles. The van der Waals surface area contributed by atoms with Crippen LogP contribution in [0.1, 0.15) is 39.0 Å². The molecule has 0 radical (unpaired) electrons. The summed E-state index contributed by atoms with van der Waals surface area (Å²) in [7, 11) is 0. The highest BCUT2D eigenvalue weighted by Gasteiger charge is 2.22. The van der Waals surface area contributed by atoms with Gasteiger partial charge in [0, 0.05) is 6.42 Å². The van der Waals surface area contributed by atoms with Gasteiger partial charge in [0.15, 0.2) is 6.10 Å². The first-order chi connectivity index (χ1) is 6.83. The summed E-state index contributed by atoms with van der Waals surface area (Å²) < 4.78 is 9.35. The summed E-state index contributed by atoms with van der Waals surface area (Å²) in [6.45, 7) is 2.46. The van der Waals surface area contributed by atoms with Crippen LogP contribution in [0.15, 0.2) is 0 Å². The normalized spacial score (nSPS) is 19.5. The smallest absolute Gasteiger partial charge is 0.429 e. The summed E-state index contributed by atoms with van der Waals surface area (Å²) in [5.41, 5.74) is 0. The van der Waals surface area contributed by atoms with Crippen molar-refractivity contribution in [3.05, 3.63) is 0 Å². The van der Waals surface area contributed by atoms with Crippen LogP contribution in [0, 0.1) is 11.8 Å². The summed E-state index contributed by atoms with van der Waals surface area (Å²) >= 11 is 0. The minimum Gasteiger partial charge on any atom is -0.429 e. The number of carbonyl (C=O) groups excluding carboxylic acids is 1. The second-order valence-electron chi connectivity index (χ2n) is 3.30. The van der Waals surface area contributed by atoms with Crippen molar-refractivity contribution < 1.29 is 14.3 Å². The van der Waals surface area contributed by atoms with Crippen molar-refractivity contribution in [2.24, 2.45) is 0 Å². The Labute approximate surface area is 84.8 Å². The molecule has 3 nitrogen and oxygen atoms in total. The summed E-state index contributed by atoms with van der Waals surface area (Å²) in [6.07, 6.45) is 4.80. The third-order valence-corrected chi connectivity index (χ3v) is 2.01. The zero-order valence-corrected chi connectivity index (χ0v) is 8.54. The fourth-order valence-electron chi connectivity index (χ4n) is 1.23. The Morgan fingerprint density at radius 3 is 2.93 bits per heavy atom. The lowest BCUT2D eigenvalue weighted by Crippen LogP contribution is -2.05. The maximum atomic E-state index is 10.5. The first-order valence-corrected chi connectivity index (χ1v) is 5.14. The number of hydrogen-bond donors (Lipinski definition) is 0. The minimum atomic E-state index is -0.602. The van der Waals surface area contributed by atoms with Gasteiger partial charge in [0.25, 0.3) is 0 Å². The zero-order valence-electron chi connectivity index (χ0n) is 8.54. The molecule has 0 saturated carbocycles. The molecule has 78 valence electrons. The molecule has 1 atom stereocenters. The molecule has 0 unspecified atom stereocenters. The van der Waals surface area contributed by atoms with E-state index in [0.29, 0.717) is 0 Å². The first-order valence-electron chi connectivity index (χ1n) is 5.14. The highest BCUT2D eigenvalue weighted by molar-refractivity contribution is 5.62. The van der Waals surface area contributed by atoms with Gasteiger partial charge in [-0.05, 0) is 6.42 Å². The quantitative estimate of drug-likeness (QED) is 0.393. The van der Waals surface area contributed by atoms with E-state index in [1.165, 1.54) is 19.3 Å². The van der Waals surface area contributed by atoms with Crippen LogP contribution in [0.3, 0.4) is 0 Å². The van der Waals surface area contributed by atoms with Crippen molar-refractivity contribution in [1.29, 1.82) is 0 Å². The molecular formula is C11H16O3. The number of hydrogen-bond acceptors (Lipinski definition) is 3. The molecule has 0 bridgehead atoms. The number of ether oxygens (including phenoxy) is 2. The van der Waals surface area contributed by atoms with E-state index < -0.39 is 6.16 Å². The van der Waals surface area contributed by atoms with Gasteiger partial charge >= 0.3 is 6.16 Å². The van der Waals surface area contributed by atoms with E-state index in [1.807, 2.05) is 0 Å². The Morgan fingerprint density at radius 1 is 1.43 bits per heavy atom. The average Bonchev–Trinajstić information content (AvgIpc) is 2.58. The molecule has 0 spiro atoms. The molecule has 0 aliphatic carbocycles. The lowest BCUT2D eigenvalue weighted by atomic mass is 10.1. The van der Waals surface area contributed by atoms with Crippen molar-refractivity contribution in [3.63, 3.8) is 0 Å². The number of carbonyl (C=O) groups is 1. The lowest BCUT2D eigenvalue weighted by molar-refractivity contribution is 0.126. The largest absolute Gasteiger partial charge is 0.509 e. The van der Waals surface area contributed by atoms with E-state index in [4.69, 9.17) is 4.74 Å². The van der Waals surface area contributed by atoms with Crippen LogP contribution < -0.4 is 0 Å². The third-order valence-electron chi connectivity index (χ3n) is 2.01. The summed E-state index contributed by atoms with van der Waals surface area (Å²) in [4.78, 5) is 10.5. The summed E-state index contributed by atoms with van der Waals surface area (Å²) in [5.74, 6) is 5.87. The summed E-state index contributed by atoms with van der Waals surface area (Å²) in [5, 5.41) is 0. The maximum Gasteiger partial charge on any atom is 0.509 e. The SMILES string of the molecule is CCCCCCC#C[C@@H]1COC(=O)O1. The van der Waals surface area contributed by atoms with Gasteiger partial charge in [-0.1, -0.05) is 38.0 Å². The van der Waals surface area contributed by atoms with Gasteiger partial charge < -0.3 is 9.47 Å². The van der Waals surface area contributed by atoms with Crippen molar-refractivity contribution in [2.75, 3.05) is 6.61 Å². The maximum absolute atomic E-state index is 10.5. The predicted octanol–water partition coefficient (Wildman–Crippen LogP) is 2.50. The molecule has 0 N–H and O–H groups in total. The molecule has 0 aromatic heterocycles. The van der Waals surface area contributed by atoms with Gasteiger partial charge in [0.2, 0.25) is 0 Å². The molecular weight excluding hydrogens is 180 g/mol. The number of rotatable bonds is 4. The highest BCUT2D eigenvalue weighted by Crippen LogP contribution is 2.05. The van der Waals surface area contributed by atoms with Crippen LogP contribution in [0.2, 0.25) is 0 Å². The van der Waals surface area contributed by atoms with E-state index in [-0.39, 0.29) is 12.7 Å². The zero-order chi connectivity index (χ0) is 10.2. The van der Waals surface area contributed by atoms with Crippen molar-refractivity contribution in [2.45, 2.75) is 45.1 Å². The second-order valence-corrected chi connectivity index (χ2v) is 3.30. The van der Waals surface area contributed by atoms with Crippen molar-refractivity contribution in [1.82, 2.24) is 0 Å². The molecule has 1 aliphatic heterocycles. The molecule has 1 rings (SSSR count). The van der Waals surface area contributed by atoms with Crippen LogP contribution in [-0.2, 0) is 9.47 Å². The van der Waals surface area contributed by atoms with Gasteiger partial charge in [0.1, 0.15) is 6.61 Å².